The molecule has 0 radical (unpaired) electrons. The normalized spacial score (nSPS) is 12.1. The highest BCUT2D eigenvalue weighted by molar-refractivity contribution is 7.99. The zero-order valence-electron chi connectivity index (χ0n) is 17.0. The average molecular weight is 430 g/mol. The third-order valence-electron chi connectivity index (χ3n) is 4.73. The van der Waals surface area contributed by atoms with Gasteiger partial charge < -0.3 is 10.1 Å². The van der Waals surface area contributed by atoms with E-state index < -0.39 is 0 Å². The van der Waals surface area contributed by atoms with Crippen LogP contribution < -0.4 is 15.0 Å². The van der Waals surface area contributed by atoms with Gasteiger partial charge in [-0.2, -0.15) is 0 Å². The molecule has 1 aliphatic rings. The number of pyridine rings is 1. The highest BCUT2D eigenvalue weighted by Crippen LogP contribution is 2.41. The number of rotatable bonds is 4. The standard InChI is InChI=1S/C24H19N3O3S/c1-3-4-13-27-19-15-25-22(26-23(28)16-9-11-17(30-2)12-10-16)14-21(19)31-20-8-6-5-7-18(20)24(27)29/h5-12,14-15H,13H2,1-2H3,(H,25,26,28). The van der Waals surface area contributed by atoms with Crippen LogP contribution in [0.5, 0.6) is 5.75 Å². The Hall–Kier alpha value is -3.76. The molecule has 6 nitrogen and oxygen atoms in total. The van der Waals surface area contributed by atoms with Gasteiger partial charge in [0.05, 0.1) is 31.1 Å². The van der Waals surface area contributed by atoms with Gasteiger partial charge >= 0.3 is 0 Å². The van der Waals surface area contributed by atoms with Crippen LogP contribution in [-0.2, 0) is 0 Å². The summed E-state index contributed by atoms with van der Waals surface area (Å²) in [6.07, 6.45) is 1.60. The molecule has 2 aromatic carbocycles. The highest BCUT2D eigenvalue weighted by atomic mass is 32.2. The van der Waals surface area contributed by atoms with Gasteiger partial charge in [0.25, 0.3) is 11.8 Å². The lowest BCUT2D eigenvalue weighted by atomic mass is 10.2. The first-order chi connectivity index (χ1) is 15.1. The Morgan fingerprint density at radius 1 is 1.16 bits per heavy atom. The topological polar surface area (TPSA) is 71.5 Å². The monoisotopic (exact) mass is 429 g/mol. The largest absolute Gasteiger partial charge is 0.497 e. The second-order valence-electron chi connectivity index (χ2n) is 6.64. The molecule has 0 saturated carbocycles. The van der Waals surface area contributed by atoms with E-state index in [9.17, 15) is 9.59 Å². The van der Waals surface area contributed by atoms with E-state index in [-0.39, 0.29) is 18.4 Å². The number of carbonyl (C=O) groups is 2. The van der Waals surface area contributed by atoms with Crippen LogP contribution in [0.2, 0.25) is 0 Å². The number of nitrogens with one attached hydrogen (secondary N) is 1. The summed E-state index contributed by atoms with van der Waals surface area (Å²) in [5.41, 5.74) is 1.77. The van der Waals surface area contributed by atoms with Crippen molar-refractivity contribution < 1.29 is 14.3 Å². The van der Waals surface area contributed by atoms with Gasteiger partial charge in [-0.05, 0) is 49.4 Å². The molecule has 7 heteroatoms. The molecule has 1 aliphatic heterocycles. The molecule has 154 valence electrons. The number of ether oxygens (including phenoxy) is 1. The fourth-order valence-corrected chi connectivity index (χ4v) is 4.22. The Balaban J connectivity index is 1.67. The van der Waals surface area contributed by atoms with E-state index in [1.807, 2.05) is 24.3 Å². The lowest BCUT2D eigenvalue weighted by molar-refractivity contribution is 0.0985. The summed E-state index contributed by atoms with van der Waals surface area (Å²) in [6, 6.07) is 16.1. The third kappa shape index (κ3) is 4.25. The van der Waals surface area contributed by atoms with Crippen LogP contribution in [0.1, 0.15) is 27.6 Å². The quantitative estimate of drug-likeness (QED) is 0.620. The number of aromatic nitrogens is 1. The first kappa shape index (κ1) is 20.5. The van der Waals surface area contributed by atoms with Crippen LogP contribution in [-0.4, -0.2) is 30.5 Å². The summed E-state index contributed by atoms with van der Waals surface area (Å²) in [5.74, 6) is 6.48. The molecule has 0 aliphatic carbocycles. The molecule has 1 N–H and O–H groups in total. The Bertz CT molecular complexity index is 1210. The highest BCUT2D eigenvalue weighted by Gasteiger charge is 2.27. The zero-order valence-corrected chi connectivity index (χ0v) is 17.8. The van der Waals surface area contributed by atoms with Gasteiger partial charge in [0.2, 0.25) is 0 Å². The van der Waals surface area contributed by atoms with Crippen molar-refractivity contribution in [2.75, 3.05) is 23.9 Å². The van der Waals surface area contributed by atoms with E-state index in [0.717, 1.165) is 9.79 Å². The fraction of sp³-hybridized carbons (Fsp3) is 0.125. The number of hydrogen-bond donors (Lipinski definition) is 1. The van der Waals surface area contributed by atoms with Crippen LogP contribution in [0.25, 0.3) is 0 Å². The van der Waals surface area contributed by atoms with Crippen molar-refractivity contribution in [2.45, 2.75) is 16.7 Å². The van der Waals surface area contributed by atoms with Gasteiger partial charge in [-0.3, -0.25) is 14.5 Å². The predicted octanol–water partition coefficient (Wildman–Crippen LogP) is 4.48. The number of nitrogens with zero attached hydrogens (tertiary/aromatic N) is 2. The maximum atomic E-state index is 13.1. The summed E-state index contributed by atoms with van der Waals surface area (Å²) in [6.45, 7) is 2.00. The van der Waals surface area contributed by atoms with Crippen molar-refractivity contribution in [1.82, 2.24) is 4.98 Å². The van der Waals surface area contributed by atoms with Gasteiger partial charge in [0, 0.05) is 15.4 Å². The maximum Gasteiger partial charge on any atom is 0.260 e. The molecule has 2 amide bonds. The Kier molecular flexibility index (Phi) is 5.92. The molecular formula is C24H19N3O3S. The Morgan fingerprint density at radius 3 is 2.68 bits per heavy atom. The van der Waals surface area contributed by atoms with Crippen LogP contribution in [0.15, 0.2) is 70.6 Å². The molecule has 0 atom stereocenters. The molecule has 0 bridgehead atoms. The Labute approximate surface area is 184 Å². The first-order valence-corrected chi connectivity index (χ1v) is 10.4. The molecule has 0 fully saturated rings. The van der Waals surface area contributed by atoms with Gasteiger partial charge in [-0.15, -0.1) is 5.92 Å². The number of hydrogen-bond acceptors (Lipinski definition) is 5. The fourth-order valence-electron chi connectivity index (χ4n) is 3.13. The second-order valence-corrected chi connectivity index (χ2v) is 7.72. The minimum atomic E-state index is -0.279. The van der Waals surface area contributed by atoms with E-state index in [1.54, 1.807) is 55.5 Å². The zero-order chi connectivity index (χ0) is 21.8. The summed E-state index contributed by atoms with van der Waals surface area (Å²) >= 11 is 1.47. The van der Waals surface area contributed by atoms with E-state index in [0.29, 0.717) is 28.4 Å². The SMILES string of the molecule is CC#CCN1C(=O)c2ccccc2Sc2cc(NC(=O)c3ccc(OC)cc3)ncc21. The summed E-state index contributed by atoms with van der Waals surface area (Å²) < 4.78 is 5.13. The van der Waals surface area contributed by atoms with Crippen LogP contribution in [0.4, 0.5) is 11.5 Å². The smallest absolute Gasteiger partial charge is 0.260 e. The van der Waals surface area contributed by atoms with E-state index in [4.69, 9.17) is 4.74 Å². The third-order valence-corrected chi connectivity index (χ3v) is 5.85. The summed E-state index contributed by atoms with van der Waals surface area (Å²) in [7, 11) is 1.57. The first-order valence-electron chi connectivity index (χ1n) is 9.54. The molecule has 0 spiro atoms. The molecule has 0 unspecified atom stereocenters. The van der Waals surface area contributed by atoms with E-state index >= 15 is 0 Å². The molecule has 31 heavy (non-hydrogen) atoms. The van der Waals surface area contributed by atoms with Gasteiger partial charge in [-0.25, -0.2) is 4.98 Å². The van der Waals surface area contributed by atoms with Crippen LogP contribution >= 0.6 is 11.8 Å². The number of amides is 2. The van der Waals surface area contributed by atoms with Gasteiger partial charge in [0.1, 0.15) is 11.6 Å². The molecule has 4 rings (SSSR count). The lowest BCUT2D eigenvalue weighted by Crippen LogP contribution is -2.31. The molecule has 1 aromatic heterocycles. The van der Waals surface area contributed by atoms with Crippen molar-refractivity contribution in [3.63, 3.8) is 0 Å². The number of methoxy groups -OCH3 is 1. The van der Waals surface area contributed by atoms with Gasteiger partial charge in [-0.1, -0.05) is 29.8 Å². The van der Waals surface area contributed by atoms with Crippen molar-refractivity contribution in [2.24, 2.45) is 0 Å². The number of carbonyl (C=O) groups excluding carboxylic acids is 2. The van der Waals surface area contributed by atoms with Crippen molar-refractivity contribution in [3.8, 4) is 17.6 Å². The average Bonchev–Trinajstić information content (AvgIpc) is 2.91. The van der Waals surface area contributed by atoms with Crippen molar-refractivity contribution >= 4 is 35.1 Å². The van der Waals surface area contributed by atoms with Crippen LogP contribution in [0, 0.1) is 11.8 Å². The second kappa shape index (κ2) is 8.94. The van der Waals surface area contributed by atoms with E-state index in [1.165, 1.54) is 11.8 Å². The number of benzene rings is 2. The molecule has 2 heterocycles. The molecular weight excluding hydrogens is 410 g/mol. The lowest BCUT2D eigenvalue weighted by Gasteiger charge is -2.20. The van der Waals surface area contributed by atoms with Crippen molar-refractivity contribution in [3.05, 3.63) is 71.9 Å². The maximum absolute atomic E-state index is 13.1. The van der Waals surface area contributed by atoms with Crippen molar-refractivity contribution in [1.29, 1.82) is 0 Å². The number of fused-ring (bicyclic) bond motifs is 2. The minimum absolute atomic E-state index is 0.124. The minimum Gasteiger partial charge on any atom is -0.497 e. The summed E-state index contributed by atoms with van der Waals surface area (Å²) in [5, 5.41) is 2.82. The number of anilines is 2. The Morgan fingerprint density at radius 2 is 1.94 bits per heavy atom. The van der Waals surface area contributed by atoms with Crippen LogP contribution in [0.3, 0.4) is 0 Å². The van der Waals surface area contributed by atoms with Gasteiger partial charge in [0.15, 0.2) is 0 Å². The summed E-state index contributed by atoms with van der Waals surface area (Å²) in [4.78, 5) is 33.4. The predicted molar refractivity (Wildman–Crippen MR) is 121 cm³/mol. The van der Waals surface area contributed by atoms with E-state index in [2.05, 4.69) is 22.1 Å². The molecule has 3 aromatic rings. The molecule has 0 saturated heterocycles.